The first-order valence-electron chi connectivity index (χ1n) is 5.57. The Morgan fingerprint density at radius 1 is 1.22 bits per heavy atom. The van der Waals surface area contributed by atoms with Gasteiger partial charge >= 0.3 is 6.18 Å². The second-order valence-electron chi connectivity index (χ2n) is 4.03. The van der Waals surface area contributed by atoms with Gasteiger partial charge < -0.3 is 10.5 Å². The Morgan fingerprint density at radius 3 is 2.39 bits per heavy atom. The second kappa shape index (κ2) is 6.85. The van der Waals surface area contributed by atoms with Crippen LogP contribution in [-0.4, -0.2) is 18.8 Å². The highest BCUT2D eigenvalue weighted by molar-refractivity contribution is 6.30. The lowest BCUT2D eigenvalue weighted by atomic mass is 10.1. The molecule has 0 saturated heterocycles. The van der Waals surface area contributed by atoms with Crippen molar-refractivity contribution in [2.75, 3.05) is 6.61 Å². The van der Waals surface area contributed by atoms with Crippen molar-refractivity contribution in [1.29, 1.82) is 0 Å². The summed E-state index contributed by atoms with van der Waals surface area (Å²) in [6, 6.07) is 6.32. The Morgan fingerprint density at radius 2 is 1.83 bits per heavy atom. The number of alkyl halides is 3. The average molecular weight is 282 g/mol. The zero-order valence-corrected chi connectivity index (χ0v) is 10.5. The number of hydrogen-bond donors (Lipinski definition) is 1. The van der Waals surface area contributed by atoms with Crippen LogP contribution in [0.4, 0.5) is 13.2 Å². The molecule has 6 heteroatoms. The third-order valence-corrected chi connectivity index (χ3v) is 2.56. The van der Waals surface area contributed by atoms with Gasteiger partial charge in [-0.05, 0) is 37.1 Å². The van der Waals surface area contributed by atoms with Crippen LogP contribution in [-0.2, 0) is 0 Å². The molecule has 18 heavy (non-hydrogen) atoms. The highest BCUT2D eigenvalue weighted by atomic mass is 35.5. The molecule has 0 aliphatic rings. The molecule has 1 atom stereocenters. The molecule has 0 saturated carbocycles. The first-order chi connectivity index (χ1) is 8.37. The average Bonchev–Trinajstić information content (AvgIpc) is 2.26. The quantitative estimate of drug-likeness (QED) is 0.861. The van der Waals surface area contributed by atoms with E-state index in [4.69, 9.17) is 22.1 Å². The molecule has 2 N–H and O–H groups in total. The maximum atomic E-state index is 11.9. The van der Waals surface area contributed by atoms with Crippen LogP contribution in [0.15, 0.2) is 24.3 Å². The fraction of sp³-hybridized carbons (Fsp3) is 0.500. The Balaban J connectivity index is 2.21. The summed E-state index contributed by atoms with van der Waals surface area (Å²) in [5.41, 5.74) is 5.66. The molecular formula is C12H15ClF3NO. The van der Waals surface area contributed by atoms with Crippen LogP contribution in [0.25, 0.3) is 0 Å². The van der Waals surface area contributed by atoms with Gasteiger partial charge in [-0.25, -0.2) is 0 Å². The molecule has 1 rings (SSSR count). The topological polar surface area (TPSA) is 35.2 Å². The second-order valence-corrected chi connectivity index (χ2v) is 4.47. The summed E-state index contributed by atoms with van der Waals surface area (Å²) >= 11 is 5.70. The predicted molar refractivity (Wildman–Crippen MR) is 64.8 cm³/mol. The van der Waals surface area contributed by atoms with Gasteiger partial charge in [-0.15, -0.1) is 0 Å². The van der Waals surface area contributed by atoms with E-state index in [0.29, 0.717) is 10.8 Å². The summed E-state index contributed by atoms with van der Waals surface area (Å²) in [5.74, 6) is 0.602. The van der Waals surface area contributed by atoms with E-state index >= 15 is 0 Å². The van der Waals surface area contributed by atoms with Crippen LogP contribution < -0.4 is 10.5 Å². The molecule has 0 aliphatic heterocycles. The van der Waals surface area contributed by atoms with Crippen molar-refractivity contribution < 1.29 is 17.9 Å². The smallest absolute Gasteiger partial charge is 0.389 e. The minimum atomic E-state index is -4.11. The monoisotopic (exact) mass is 281 g/mol. The van der Waals surface area contributed by atoms with Crippen molar-refractivity contribution >= 4 is 11.6 Å². The van der Waals surface area contributed by atoms with Crippen molar-refractivity contribution in [2.24, 2.45) is 5.73 Å². The van der Waals surface area contributed by atoms with E-state index < -0.39 is 18.6 Å². The van der Waals surface area contributed by atoms with E-state index in [0.717, 1.165) is 0 Å². The lowest BCUT2D eigenvalue weighted by Crippen LogP contribution is -2.28. The molecule has 1 unspecified atom stereocenters. The number of benzene rings is 1. The van der Waals surface area contributed by atoms with Gasteiger partial charge in [-0.3, -0.25) is 0 Å². The van der Waals surface area contributed by atoms with Gasteiger partial charge in [0.2, 0.25) is 0 Å². The van der Waals surface area contributed by atoms with Crippen LogP contribution in [0.5, 0.6) is 5.75 Å². The summed E-state index contributed by atoms with van der Waals surface area (Å²) in [6.45, 7) is 0.194. The Hall–Kier alpha value is -0.940. The van der Waals surface area contributed by atoms with Crippen LogP contribution >= 0.6 is 11.6 Å². The molecule has 0 radical (unpaired) electrons. The van der Waals surface area contributed by atoms with Gasteiger partial charge in [0.1, 0.15) is 12.4 Å². The predicted octanol–water partition coefficient (Wildman–Crippen LogP) is 3.78. The van der Waals surface area contributed by atoms with Gasteiger partial charge in [0.05, 0.1) is 0 Å². The number of ether oxygens (including phenoxy) is 1. The molecular weight excluding hydrogens is 267 g/mol. The van der Waals surface area contributed by atoms with Crippen LogP contribution in [0.1, 0.15) is 19.3 Å². The molecule has 102 valence electrons. The summed E-state index contributed by atoms with van der Waals surface area (Å²) in [6.07, 6.45) is -4.61. The van der Waals surface area contributed by atoms with Gasteiger partial charge in [-0.1, -0.05) is 11.6 Å². The highest BCUT2D eigenvalue weighted by Crippen LogP contribution is 2.22. The third kappa shape index (κ3) is 6.71. The van der Waals surface area contributed by atoms with Crippen molar-refractivity contribution in [3.63, 3.8) is 0 Å². The fourth-order valence-corrected chi connectivity index (χ4v) is 1.51. The normalized spacial score (nSPS) is 13.4. The van der Waals surface area contributed by atoms with Crippen molar-refractivity contribution in [1.82, 2.24) is 0 Å². The maximum Gasteiger partial charge on any atom is 0.389 e. The van der Waals surface area contributed by atoms with Crippen molar-refractivity contribution in [3.05, 3.63) is 29.3 Å². The highest BCUT2D eigenvalue weighted by Gasteiger charge is 2.26. The molecule has 0 heterocycles. The summed E-state index contributed by atoms with van der Waals surface area (Å²) < 4.78 is 41.1. The van der Waals surface area contributed by atoms with E-state index in [-0.39, 0.29) is 19.4 Å². The standard InChI is InChI=1S/C12H15ClF3NO/c13-9-3-5-11(6-4-9)18-8-10(17)2-1-7-12(14,15)16/h3-6,10H,1-2,7-8,17H2. The Bertz CT molecular complexity index is 353. The van der Waals surface area contributed by atoms with Gasteiger partial charge in [0.15, 0.2) is 0 Å². The fourth-order valence-electron chi connectivity index (χ4n) is 1.38. The van der Waals surface area contributed by atoms with Crippen LogP contribution in [0.3, 0.4) is 0 Å². The lowest BCUT2D eigenvalue weighted by Gasteiger charge is -2.13. The van der Waals surface area contributed by atoms with E-state index in [9.17, 15) is 13.2 Å². The number of halogens is 4. The molecule has 0 amide bonds. The molecule has 2 nitrogen and oxygen atoms in total. The number of hydrogen-bond acceptors (Lipinski definition) is 2. The largest absolute Gasteiger partial charge is 0.492 e. The Kier molecular flexibility index (Phi) is 5.75. The molecule has 1 aromatic carbocycles. The van der Waals surface area contributed by atoms with Gasteiger partial charge in [0, 0.05) is 17.5 Å². The van der Waals surface area contributed by atoms with Crippen molar-refractivity contribution in [3.8, 4) is 5.75 Å². The SMILES string of the molecule is NC(CCCC(F)(F)F)COc1ccc(Cl)cc1. The number of rotatable bonds is 6. The van der Waals surface area contributed by atoms with E-state index in [1.807, 2.05) is 0 Å². The minimum Gasteiger partial charge on any atom is -0.492 e. The van der Waals surface area contributed by atoms with Crippen LogP contribution in [0.2, 0.25) is 5.02 Å². The zero-order valence-electron chi connectivity index (χ0n) is 9.71. The molecule has 0 spiro atoms. The minimum absolute atomic E-state index is 0.0225. The number of nitrogens with two attached hydrogens (primary N) is 1. The zero-order chi connectivity index (χ0) is 13.6. The van der Waals surface area contributed by atoms with E-state index in [2.05, 4.69) is 0 Å². The molecule has 0 bridgehead atoms. The van der Waals surface area contributed by atoms with E-state index in [1.54, 1.807) is 24.3 Å². The van der Waals surface area contributed by atoms with Gasteiger partial charge in [0.25, 0.3) is 0 Å². The summed E-state index contributed by atoms with van der Waals surface area (Å²) in [4.78, 5) is 0. The molecule has 0 aromatic heterocycles. The lowest BCUT2D eigenvalue weighted by molar-refractivity contribution is -0.135. The van der Waals surface area contributed by atoms with Crippen molar-refractivity contribution in [2.45, 2.75) is 31.5 Å². The van der Waals surface area contributed by atoms with E-state index in [1.165, 1.54) is 0 Å². The Labute approximate surface area is 109 Å². The van der Waals surface area contributed by atoms with Gasteiger partial charge in [-0.2, -0.15) is 13.2 Å². The molecule has 0 fully saturated rings. The molecule has 1 aromatic rings. The van der Waals surface area contributed by atoms with Crippen LogP contribution in [0, 0.1) is 0 Å². The summed E-state index contributed by atoms with van der Waals surface area (Å²) in [7, 11) is 0. The third-order valence-electron chi connectivity index (χ3n) is 2.31. The molecule has 0 aliphatic carbocycles. The maximum absolute atomic E-state index is 11.9. The summed E-state index contributed by atoms with van der Waals surface area (Å²) in [5, 5.41) is 0.594. The first kappa shape index (κ1) is 15.1. The first-order valence-corrected chi connectivity index (χ1v) is 5.95.